The summed E-state index contributed by atoms with van der Waals surface area (Å²) in [4.78, 5) is 50.0. The molecule has 6 heterocycles. The Hall–Kier alpha value is -4.17. The van der Waals surface area contributed by atoms with Crippen LogP contribution in [0.25, 0.3) is 0 Å². The predicted molar refractivity (Wildman–Crippen MR) is 270 cm³/mol. The number of nitrogens with one attached hydrogen (secondary N) is 3. The van der Waals surface area contributed by atoms with E-state index >= 15 is 0 Å². The van der Waals surface area contributed by atoms with Gasteiger partial charge in [0.25, 0.3) is 0 Å². The van der Waals surface area contributed by atoms with Crippen LogP contribution in [-0.2, 0) is 165 Å². The number of amides is 1. The average Bonchev–Trinajstić information content (AvgIpc) is 0.761. The quantitative estimate of drug-likeness (QED) is 0.0228. The Morgan fingerprint density at radius 3 is 1.26 bits per heavy atom. The number of carboxylic acids is 3. The van der Waals surface area contributed by atoms with Crippen molar-refractivity contribution in [2.75, 3.05) is 19.8 Å². The lowest BCUT2D eigenvalue weighted by Gasteiger charge is -2.52. The summed E-state index contributed by atoms with van der Waals surface area (Å²) in [6, 6.07) is -8.05. The maximum Gasteiger partial charge on any atom is 0.229 e. The zero-order valence-corrected chi connectivity index (χ0v) is 54.5. The molecule has 10 N–H and O–H groups in total. The number of aliphatic carboxylic acids is 3. The second-order valence-corrected chi connectivity index (χ2v) is 28.6. The lowest BCUT2D eigenvalue weighted by atomic mass is 9.93. The van der Waals surface area contributed by atoms with Crippen molar-refractivity contribution in [1.82, 2.24) is 14.8 Å². The largest absolute Gasteiger partial charge is 0.735 e. The van der Waals surface area contributed by atoms with E-state index in [0.717, 1.165) is 11.6 Å². The number of aliphatic hydroxyl groups is 7. The molecule has 0 aromatic carbocycles. The van der Waals surface area contributed by atoms with Crippen LogP contribution < -0.4 is 30.1 Å². The van der Waals surface area contributed by atoms with Gasteiger partial charge in [-0.05, 0) is 13.0 Å². The number of hydrogen-bond acceptors (Lipinski definition) is 51. The Morgan fingerprint density at radius 2 is 0.820 bits per heavy atom. The number of carbonyl (C=O) groups excluding carboxylic acids is 4. The lowest BCUT2D eigenvalue weighted by Crippen LogP contribution is -2.72. The van der Waals surface area contributed by atoms with Crippen LogP contribution in [0.3, 0.4) is 0 Å². The second-order valence-electron chi connectivity index (χ2n) is 21.1. The van der Waals surface area contributed by atoms with Gasteiger partial charge in [-0.1, -0.05) is 0 Å². The lowest BCUT2D eigenvalue weighted by molar-refractivity contribution is -0.389. The maximum atomic E-state index is 12.9. The topological polar surface area (TPSA) is 863 Å². The molecule has 1 amide bonds. The number of ether oxygens (including phenoxy) is 11. The normalized spacial score (nSPS) is 39.0. The van der Waals surface area contributed by atoms with Gasteiger partial charge in [-0.25, -0.2) is 68.4 Å². The molecule has 54 nitrogen and oxygen atoms in total. The Balaban J connectivity index is 1.39. The fourth-order valence-corrected chi connectivity index (χ4v) is 13.4. The third kappa shape index (κ3) is 23.4. The van der Waals surface area contributed by atoms with Crippen molar-refractivity contribution in [1.29, 1.82) is 0 Å². The van der Waals surface area contributed by atoms with Crippen molar-refractivity contribution in [3.8, 4) is 0 Å². The summed E-state index contributed by atoms with van der Waals surface area (Å²) in [5, 5.41) is 118. The molecule has 580 valence electrons. The van der Waals surface area contributed by atoms with Gasteiger partial charge in [0.15, 0.2) is 51.9 Å². The van der Waals surface area contributed by atoms with E-state index in [4.69, 9.17) is 52.1 Å². The fraction of sp³-hybridized carbons (Fsp3) is 0.846. The molecule has 0 aliphatic carbocycles. The van der Waals surface area contributed by atoms with Crippen LogP contribution >= 0.6 is 0 Å². The summed E-state index contributed by atoms with van der Waals surface area (Å²) in [6.45, 7) is -3.87. The summed E-state index contributed by atoms with van der Waals surface area (Å²) < 4.78 is 333. The molecule has 0 aromatic heterocycles. The highest BCUT2D eigenvalue weighted by atomic mass is 32.3. The molecule has 28 atom stereocenters. The van der Waals surface area contributed by atoms with E-state index in [2.05, 4.69) is 20.9 Å². The van der Waals surface area contributed by atoms with E-state index in [1.165, 1.54) is 4.72 Å². The summed E-state index contributed by atoms with van der Waals surface area (Å²) in [7, 11) is -43.2. The first kappa shape index (κ1) is 84.8. The van der Waals surface area contributed by atoms with E-state index in [-0.39, 0.29) is 0 Å². The zero-order chi connectivity index (χ0) is 75.8. The van der Waals surface area contributed by atoms with Gasteiger partial charge in [0.2, 0.25) is 64.2 Å². The molecule has 0 aromatic rings. The Bertz CT molecular complexity index is 3790. The molecule has 6 aliphatic heterocycles. The fourth-order valence-electron chi connectivity index (χ4n) is 10.3. The summed E-state index contributed by atoms with van der Waals surface area (Å²) in [6.07, 6.45) is -71.8. The van der Waals surface area contributed by atoms with Gasteiger partial charge in [-0.3, -0.25) is 25.7 Å². The van der Waals surface area contributed by atoms with Crippen LogP contribution in [0.1, 0.15) is 13.8 Å². The van der Waals surface area contributed by atoms with Gasteiger partial charge < -0.3 is 155 Å². The van der Waals surface area contributed by atoms with Crippen molar-refractivity contribution < 1.29 is 234 Å². The number of aliphatic hydroxyl groups excluding tert-OH is 7. The van der Waals surface area contributed by atoms with Crippen LogP contribution in [0.2, 0.25) is 0 Å². The Morgan fingerprint density at radius 1 is 0.430 bits per heavy atom. The van der Waals surface area contributed by atoms with Crippen LogP contribution in [-0.4, -0.2) is 342 Å². The first-order valence-corrected chi connectivity index (χ1v) is 36.2. The van der Waals surface area contributed by atoms with E-state index in [1.54, 1.807) is 0 Å². The molecular formula is C39H51N3O51S7-10. The van der Waals surface area contributed by atoms with Gasteiger partial charge in [0.05, 0.1) is 43.9 Å². The standard InChI is InChI=1S/C39H61N3O51S7/c1-7-14(41-94(57,58)59)18(46)23(11(81-7)4-78-96(63,64)65)86-39-29(93-100(75,76)77)22(50)28(31(91-39)34(55)56)89-36-16(42-95(60,61)62)26(92-99(72,73)74)25(13(84-36)6-80-98(69,70)71)87-38-21(49)20(48)27(30(90-38)33(53)54)88-35-15(40-8(2)43)19(47)24(12(83-35)5-79-97(66,67)68)85-37-17(45)9(44)3-10(82-37)32(51)52/h3,7,9,11-31,35-39,41-42,44-50H,4-6H2,1-2H3,(H,40,43)(H,51,52)(H,53,54)(H,55,56)(H,57,58,59)(H,60,61,62)(H,63,64,65)(H,66,67,68)(H,69,70,71)(H,72,73,74)(H,75,76,77)/p-10/t7-,9+,11-,12-,13-,14+,15-,16-,17-,18-,19-,20-,21-,22+,23-,24-,25-,26-,27+,28+,29-,30+,31-,35-,36-,37+,38-,39-/m1/s1. The van der Waals surface area contributed by atoms with Crippen molar-refractivity contribution in [3.63, 3.8) is 0 Å². The number of carbonyl (C=O) groups is 4. The minimum atomic E-state index is -6.70. The third-order valence-corrected chi connectivity index (χ3v) is 17.5. The molecule has 5 saturated heterocycles. The number of rotatable bonds is 31. The zero-order valence-electron chi connectivity index (χ0n) is 48.8. The number of carboxylic acid groups (broad SMARTS) is 3. The smallest absolute Gasteiger partial charge is 0.229 e. The van der Waals surface area contributed by atoms with Crippen LogP contribution in [0.4, 0.5) is 0 Å². The van der Waals surface area contributed by atoms with Gasteiger partial charge in [0.1, 0.15) is 134 Å². The highest BCUT2D eigenvalue weighted by Gasteiger charge is 2.60. The van der Waals surface area contributed by atoms with Crippen LogP contribution in [0.5, 0.6) is 0 Å². The second kappa shape index (κ2) is 32.7. The first-order chi connectivity index (χ1) is 45.5. The molecule has 0 bridgehead atoms. The van der Waals surface area contributed by atoms with Crippen LogP contribution in [0, 0.1) is 0 Å². The van der Waals surface area contributed by atoms with Crippen molar-refractivity contribution in [3.05, 3.63) is 11.8 Å². The van der Waals surface area contributed by atoms with Gasteiger partial charge in [0, 0.05) is 6.92 Å². The highest BCUT2D eigenvalue weighted by Crippen LogP contribution is 2.39. The molecular weight excluding hydrogens is 1550 g/mol. The predicted octanol–water partition coefficient (Wildman–Crippen LogP) is -19.9. The maximum absolute atomic E-state index is 12.9. The Kier molecular flexibility index (Phi) is 27.7. The molecule has 5 fully saturated rings. The van der Waals surface area contributed by atoms with E-state index < -0.39 is 294 Å². The van der Waals surface area contributed by atoms with Crippen LogP contribution in [0.15, 0.2) is 11.8 Å². The molecule has 0 unspecified atom stereocenters. The molecule has 0 radical (unpaired) electrons. The molecule has 61 heteroatoms. The SMILES string of the molecule is CC(=O)N[C@H]1[C@@H](O[C@H]2[C@H](O)[C@@H](O)[C@H](O[C@H]3[C@H](OS(=O)(=O)[O-])[C@@H](NS(=O)(=O)[O-])[C@@H](O[C@H]4[C@H](O)[C@@H](OS(=O)(=O)[O-])[C@H](O[C@H]5[C@H](O)[C@@H](NS(=O)(=O)[O-])[C@@H](C)O[C@@H]5COS(=O)(=O)[O-])O[C@H]4C(=O)[O-])O[C@@H]3COS(=O)(=O)[O-])O[C@@H]2C(=O)[O-])O[C@H](COS(=O)(=O)[O-])[C@@H](O[C@@H]2OC(C(=O)[O-])=C[C@H](O)[C@H]2O)[C@@H]1O. The summed E-state index contributed by atoms with van der Waals surface area (Å²) in [5.41, 5.74) is 0. The molecule has 0 saturated carbocycles. The third-order valence-electron chi connectivity index (χ3n) is 14.2. The first-order valence-electron chi connectivity index (χ1n) is 26.7. The van der Waals surface area contributed by atoms with Gasteiger partial charge in [-0.2, -0.15) is 0 Å². The van der Waals surface area contributed by atoms with Gasteiger partial charge in [-0.15, -0.1) is 0 Å². The number of hydrogen-bond donors (Lipinski definition) is 10. The molecule has 6 aliphatic rings. The van der Waals surface area contributed by atoms with Crippen molar-refractivity contribution >= 4 is 96.4 Å². The monoisotopic (exact) mass is 1600 g/mol. The molecule has 0 spiro atoms. The average molecular weight is 1600 g/mol. The Labute approximate surface area is 560 Å². The molecule has 6 rings (SSSR count). The minimum absolute atomic E-state index is 0.384. The highest BCUT2D eigenvalue weighted by molar-refractivity contribution is 7.84. The van der Waals surface area contributed by atoms with E-state index in [0.29, 0.717) is 13.0 Å². The van der Waals surface area contributed by atoms with E-state index in [1.807, 2.05) is 5.32 Å². The molecule has 100 heavy (non-hydrogen) atoms. The van der Waals surface area contributed by atoms with E-state index in [9.17, 15) is 161 Å². The minimum Gasteiger partial charge on any atom is -0.735 e. The summed E-state index contributed by atoms with van der Waals surface area (Å²) >= 11 is 0. The van der Waals surface area contributed by atoms with Crippen molar-refractivity contribution in [2.24, 2.45) is 0 Å². The summed E-state index contributed by atoms with van der Waals surface area (Å²) in [5.74, 6) is -10.1. The van der Waals surface area contributed by atoms with Crippen molar-refractivity contribution in [2.45, 2.75) is 186 Å². The van der Waals surface area contributed by atoms with Gasteiger partial charge >= 0.3 is 0 Å².